The van der Waals surface area contributed by atoms with Gasteiger partial charge in [0.25, 0.3) is 11.6 Å². The monoisotopic (exact) mass is 298 g/mol. The molecule has 1 amide bonds. The van der Waals surface area contributed by atoms with Gasteiger partial charge in [-0.2, -0.15) is 0 Å². The maximum absolute atomic E-state index is 12.5. The van der Waals surface area contributed by atoms with Crippen molar-refractivity contribution in [3.05, 3.63) is 38.9 Å². The Labute approximate surface area is 121 Å². The van der Waals surface area contributed by atoms with Gasteiger partial charge in [0.05, 0.1) is 23.1 Å². The number of carbonyl (C=O) groups excluding carboxylic acids is 1. The van der Waals surface area contributed by atoms with Gasteiger partial charge in [-0.1, -0.05) is 17.7 Å². The molecule has 1 aliphatic rings. The van der Waals surface area contributed by atoms with E-state index in [0.29, 0.717) is 6.54 Å². The fraction of sp³-hybridized carbons (Fsp3) is 0.462. The summed E-state index contributed by atoms with van der Waals surface area (Å²) in [4.78, 5) is 24.3. The third-order valence-corrected chi connectivity index (χ3v) is 3.90. The quantitative estimate of drug-likeness (QED) is 0.685. The molecule has 108 valence electrons. The molecular formula is C13H15ClN2O4. The lowest BCUT2D eigenvalue weighted by molar-refractivity contribution is -0.384. The molecule has 0 aliphatic carbocycles. The first-order valence-electron chi connectivity index (χ1n) is 6.41. The molecule has 1 heterocycles. The SMILES string of the molecule is O=C(c1cccc([N+](=O)[O-])c1Cl)N1CCCCC1CO. The Bertz CT molecular complexity index is 535. The van der Waals surface area contributed by atoms with E-state index in [1.165, 1.54) is 18.2 Å². The van der Waals surface area contributed by atoms with E-state index in [4.69, 9.17) is 11.6 Å². The van der Waals surface area contributed by atoms with Gasteiger partial charge >= 0.3 is 0 Å². The topological polar surface area (TPSA) is 83.7 Å². The van der Waals surface area contributed by atoms with Crippen molar-refractivity contribution in [3.63, 3.8) is 0 Å². The fourth-order valence-electron chi connectivity index (χ4n) is 2.44. The molecule has 1 saturated heterocycles. The Morgan fingerprint density at radius 3 is 2.90 bits per heavy atom. The first kappa shape index (κ1) is 14.7. The summed E-state index contributed by atoms with van der Waals surface area (Å²) in [6.07, 6.45) is 2.54. The number of nitrogens with zero attached hydrogens (tertiary/aromatic N) is 2. The van der Waals surface area contributed by atoms with E-state index >= 15 is 0 Å². The number of hydrogen-bond acceptors (Lipinski definition) is 4. The molecule has 7 heteroatoms. The first-order valence-corrected chi connectivity index (χ1v) is 6.78. The van der Waals surface area contributed by atoms with Crippen molar-refractivity contribution in [2.45, 2.75) is 25.3 Å². The second kappa shape index (κ2) is 6.19. The lowest BCUT2D eigenvalue weighted by atomic mass is 10.0. The predicted octanol–water partition coefficient (Wildman–Crippen LogP) is 2.24. The minimum Gasteiger partial charge on any atom is -0.394 e. The van der Waals surface area contributed by atoms with Gasteiger partial charge in [-0.3, -0.25) is 14.9 Å². The average Bonchev–Trinajstić information content (AvgIpc) is 2.46. The molecule has 20 heavy (non-hydrogen) atoms. The van der Waals surface area contributed by atoms with Crippen LogP contribution in [0.4, 0.5) is 5.69 Å². The molecule has 0 bridgehead atoms. The number of likely N-dealkylation sites (tertiary alicyclic amines) is 1. The highest BCUT2D eigenvalue weighted by atomic mass is 35.5. The highest BCUT2D eigenvalue weighted by molar-refractivity contribution is 6.35. The Kier molecular flexibility index (Phi) is 4.57. The molecule has 0 saturated carbocycles. The van der Waals surface area contributed by atoms with Crippen molar-refractivity contribution >= 4 is 23.2 Å². The fourth-order valence-corrected chi connectivity index (χ4v) is 2.71. The zero-order valence-electron chi connectivity index (χ0n) is 10.8. The van der Waals surface area contributed by atoms with Gasteiger partial charge in [-0.05, 0) is 25.3 Å². The number of aliphatic hydroxyl groups excluding tert-OH is 1. The molecule has 6 nitrogen and oxygen atoms in total. The van der Waals surface area contributed by atoms with Crippen LogP contribution < -0.4 is 0 Å². The van der Waals surface area contributed by atoms with Gasteiger partial charge in [0.2, 0.25) is 0 Å². The van der Waals surface area contributed by atoms with Crippen LogP contribution in [0, 0.1) is 10.1 Å². The summed E-state index contributed by atoms with van der Waals surface area (Å²) in [7, 11) is 0. The number of carbonyl (C=O) groups is 1. The number of piperidine rings is 1. The number of rotatable bonds is 3. The third kappa shape index (κ3) is 2.76. The zero-order valence-corrected chi connectivity index (χ0v) is 11.5. The van der Waals surface area contributed by atoms with Crippen LogP contribution in [0.1, 0.15) is 29.6 Å². The van der Waals surface area contributed by atoms with Crippen molar-refractivity contribution in [2.24, 2.45) is 0 Å². The normalized spacial score (nSPS) is 18.9. The summed E-state index contributed by atoms with van der Waals surface area (Å²) < 4.78 is 0. The van der Waals surface area contributed by atoms with E-state index in [-0.39, 0.29) is 34.8 Å². The summed E-state index contributed by atoms with van der Waals surface area (Å²) in [5.41, 5.74) is -0.170. The predicted molar refractivity (Wildman–Crippen MR) is 73.9 cm³/mol. The second-order valence-corrected chi connectivity index (χ2v) is 5.10. The molecule has 1 atom stereocenters. The van der Waals surface area contributed by atoms with E-state index in [0.717, 1.165) is 19.3 Å². The molecule has 1 fully saturated rings. The highest BCUT2D eigenvalue weighted by Gasteiger charge is 2.29. The van der Waals surface area contributed by atoms with Gasteiger partial charge in [0.15, 0.2) is 0 Å². The zero-order chi connectivity index (χ0) is 14.7. The number of hydrogen-bond donors (Lipinski definition) is 1. The van der Waals surface area contributed by atoms with E-state index < -0.39 is 4.92 Å². The van der Waals surface area contributed by atoms with Gasteiger partial charge < -0.3 is 10.0 Å². The number of halogens is 1. The first-order chi connectivity index (χ1) is 9.56. The van der Waals surface area contributed by atoms with Crippen molar-refractivity contribution in [1.82, 2.24) is 4.90 Å². The molecule has 1 unspecified atom stereocenters. The van der Waals surface area contributed by atoms with Crippen LogP contribution in [0.3, 0.4) is 0 Å². The van der Waals surface area contributed by atoms with E-state index in [1.807, 2.05) is 0 Å². The smallest absolute Gasteiger partial charge is 0.288 e. The molecule has 0 radical (unpaired) electrons. The van der Waals surface area contributed by atoms with Crippen LogP contribution in [0.15, 0.2) is 18.2 Å². The summed E-state index contributed by atoms with van der Waals surface area (Å²) in [5.74, 6) is -0.363. The van der Waals surface area contributed by atoms with E-state index in [9.17, 15) is 20.0 Å². The number of amides is 1. The molecule has 1 aromatic rings. The Balaban J connectivity index is 2.33. The Hall–Kier alpha value is -1.66. The van der Waals surface area contributed by atoms with Gasteiger partial charge in [-0.25, -0.2) is 0 Å². The maximum atomic E-state index is 12.5. The molecule has 1 aliphatic heterocycles. The molecule has 0 aromatic heterocycles. The van der Waals surface area contributed by atoms with E-state index in [1.54, 1.807) is 4.90 Å². The number of nitro benzene ring substituents is 1. The third-order valence-electron chi connectivity index (χ3n) is 3.50. The van der Waals surface area contributed by atoms with Gasteiger partial charge in [0.1, 0.15) is 5.02 Å². The molecule has 0 spiro atoms. The minimum atomic E-state index is -0.612. The average molecular weight is 299 g/mol. The summed E-state index contributed by atoms with van der Waals surface area (Å²) in [6.45, 7) is 0.418. The second-order valence-electron chi connectivity index (χ2n) is 4.73. The van der Waals surface area contributed by atoms with Crippen molar-refractivity contribution in [3.8, 4) is 0 Å². The molecule has 2 rings (SSSR count). The maximum Gasteiger partial charge on any atom is 0.288 e. The number of aliphatic hydroxyl groups is 1. The summed E-state index contributed by atoms with van der Waals surface area (Å²) in [5, 5.41) is 20.0. The lowest BCUT2D eigenvalue weighted by Gasteiger charge is -2.34. The van der Waals surface area contributed by atoms with Crippen LogP contribution in [-0.2, 0) is 0 Å². The Morgan fingerprint density at radius 1 is 1.50 bits per heavy atom. The van der Waals surface area contributed by atoms with Gasteiger partial charge in [0, 0.05) is 12.6 Å². The Morgan fingerprint density at radius 2 is 2.25 bits per heavy atom. The lowest BCUT2D eigenvalue weighted by Crippen LogP contribution is -2.45. The molecule has 1 aromatic carbocycles. The van der Waals surface area contributed by atoms with Crippen molar-refractivity contribution in [2.75, 3.05) is 13.2 Å². The number of nitro groups is 1. The van der Waals surface area contributed by atoms with Crippen LogP contribution in [0.25, 0.3) is 0 Å². The van der Waals surface area contributed by atoms with Crippen LogP contribution in [0.2, 0.25) is 5.02 Å². The number of benzene rings is 1. The summed E-state index contributed by atoms with van der Waals surface area (Å²) in [6, 6.07) is 3.93. The minimum absolute atomic E-state index is 0.112. The van der Waals surface area contributed by atoms with Crippen LogP contribution in [-0.4, -0.2) is 40.0 Å². The van der Waals surface area contributed by atoms with Crippen molar-refractivity contribution in [1.29, 1.82) is 0 Å². The van der Waals surface area contributed by atoms with E-state index in [2.05, 4.69) is 0 Å². The highest BCUT2D eigenvalue weighted by Crippen LogP contribution is 2.30. The molecule has 1 N–H and O–H groups in total. The van der Waals surface area contributed by atoms with Crippen LogP contribution in [0.5, 0.6) is 0 Å². The van der Waals surface area contributed by atoms with Crippen molar-refractivity contribution < 1.29 is 14.8 Å². The van der Waals surface area contributed by atoms with Gasteiger partial charge in [-0.15, -0.1) is 0 Å². The molecular weight excluding hydrogens is 284 g/mol. The summed E-state index contributed by atoms with van der Waals surface area (Å²) >= 11 is 5.96. The van der Waals surface area contributed by atoms with Crippen LogP contribution >= 0.6 is 11.6 Å². The largest absolute Gasteiger partial charge is 0.394 e. The standard InChI is InChI=1S/C13H15ClN2O4/c14-12-10(5-3-6-11(12)16(19)20)13(18)15-7-2-1-4-9(15)8-17/h3,5-6,9,17H,1-2,4,7-8H2.